The van der Waals surface area contributed by atoms with Crippen molar-refractivity contribution in [2.45, 2.75) is 20.0 Å². The molecule has 0 unspecified atom stereocenters. The first-order valence-corrected chi connectivity index (χ1v) is 5.40. The fourth-order valence-electron chi connectivity index (χ4n) is 1.18. The summed E-state index contributed by atoms with van der Waals surface area (Å²) in [5.74, 6) is 0.707. The highest BCUT2D eigenvalue weighted by Crippen LogP contribution is 2.10. The van der Waals surface area contributed by atoms with Crippen LogP contribution < -0.4 is 5.32 Å². The van der Waals surface area contributed by atoms with Gasteiger partial charge in [0, 0.05) is 17.6 Å². The number of nitrogens with zero attached hydrogens (tertiary/aromatic N) is 5. The molecular weight excluding hydrogens is 212 g/mol. The Bertz CT molecular complexity index is 394. The number of aromatic nitrogens is 5. The Balaban J connectivity index is 1.80. The summed E-state index contributed by atoms with van der Waals surface area (Å²) >= 11 is 1.69. The van der Waals surface area contributed by atoms with E-state index in [4.69, 9.17) is 0 Å². The summed E-state index contributed by atoms with van der Waals surface area (Å²) in [6, 6.07) is 0. The summed E-state index contributed by atoms with van der Waals surface area (Å²) < 4.78 is 0. The van der Waals surface area contributed by atoms with Gasteiger partial charge in [-0.3, -0.25) is 0 Å². The lowest BCUT2D eigenvalue weighted by Crippen LogP contribution is -2.13. The van der Waals surface area contributed by atoms with E-state index in [0.717, 1.165) is 11.6 Å². The largest absolute Gasteiger partial charge is 0.305 e. The van der Waals surface area contributed by atoms with Crippen molar-refractivity contribution < 1.29 is 0 Å². The minimum Gasteiger partial charge on any atom is -0.305 e. The highest BCUT2D eigenvalue weighted by Gasteiger charge is 2.01. The number of hydrogen-bond donors (Lipinski definition) is 1. The molecule has 2 heterocycles. The molecule has 0 saturated carbocycles. The third kappa shape index (κ3) is 2.80. The summed E-state index contributed by atoms with van der Waals surface area (Å²) in [7, 11) is 1.75. The van der Waals surface area contributed by atoms with Crippen molar-refractivity contribution in [3.63, 3.8) is 0 Å². The van der Waals surface area contributed by atoms with Gasteiger partial charge in [0.1, 0.15) is 0 Å². The molecule has 2 aromatic rings. The van der Waals surface area contributed by atoms with Crippen molar-refractivity contribution in [1.82, 2.24) is 30.5 Å². The molecule has 1 N–H and O–H groups in total. The van der Waals surface area contributed by atoms with Gasteiger partial charge in [-0.25, -0.2) is 4.98 Å². The van der Waals surface area contributed by atoms with E-state index in [-0.39, 0.29) is 0 Å². The van der Waals surface area contributed by atoms with E-state index < -0.39 is 0 Å². The van der Waals surface area contributed by atoms with Crippen LogP contribution in [0, 0.1) is 6.92 Å². The SMILES string of the molecule is Cc1ncc(CNCc2nnn(C)n2)s1. The van der Waals surface area contributed by atoms with Gasteiger partial charge in [-0.2, -0.15) is 4.80 Å². The predicted octanol–water partition coefficient (Wildman–Crippen LogP) is 0.265. The number of thiazole rings is 1. The molecule has 0 spiro atoms. The Hall–Kier alpha value is -1.34. The first-order chi connectivity index (χ1) is 7.24. The number of nitrogens with one attached hydrogen (secondary N) is 1. The average molecular weight is 224 g/mol. The van der Waals surface area contributed by atoms with E-state index >= 15 is 0 Å². The van der Waals surface area contributed by atoms with Crippen molar-refractivity contribution in [2.75, 3.05) is 0 Å². The summed E-state index contributed by atoms with van der Waals surface area (Å²) in [6.07, 6.45) is 1.89. The fourth-order valence-corrected chi connectivity index (χ4v) is 1.94. The van der Waals surface area contributed by atoms with E-state index in [1.54, 1.807) is 18.4 Å². The quantitative estimate of drug-likeness (QED) is 0.807. The van der Waals surface area contributed by atoms with Gasteiger partial charge >= 0.3 is 0 Å². The zero-order valence-corrected chi connectivity index (χ0v) is 9.45. The molecule has 0 aliphatic heterocycles. The molecule has 2 aromatic heterocycles. The molecule has 0 radical (unpaired) electrons. The molecule has 0 bridgehead atoms. The third-order valence-electron chi connectivity index (χ3n) is 1.80. The second kappa shape index (κ2) is 4.45. The van der Waals surface area contributed by atoms with Gasteiger partial charge in [0.25, 0.3) is 0 Å². The van der Waals surface area contributed by atoms with Crippen molar-refractivity contribution in [1.29, 1.82) is 0 Å². The Morgan fingerprint density at radius 1 is 1.47 bits per heavy atom. The van der Waals surface area contributed by atoms with Gasteiger partial charge in [0.15, 0.2) is 5.82 Å². The molecule has 80 valence electrons. The average Bonchev–Trinajstić information content (AvgIpc) is 2.76. The van der Waals surface area contributed by atoms with Gasteiger partial charge in [-0.1, -0.05) is 0 Å². The van der Waals surface area contributed by atoms with Crippen LogP contribution in [0.1, 0.15) is 15.7 Å². The molecule has 0 aliphatic rings. The zero-order chi connectivity index (χ0) is 10.7. The van der Waals surface area contributed by atoms with Crippen LogP contribution in [-0.2, 0) is 20.1 Å². The minimum absolute atomic E-state index is 0.630. The molecule has 0 fully saturated rings. The molecule has 6 nitrogen and oxygen atoms in total. The Kier molecular flexibility index (Phi) is 3.02. The van der Waals surface area contributed by atoms with Crippen LogP contribution in [0.3, 0.4) is 0 Å². The van der Waals surface area contributed by atoms with Crippen molar-refractivity contribution in [3.8, 4) is 0 Å². The zero-order valence-electron chi connectivity index (χ0n) is 8.64. The summed E-state index contributed by atoms with van der Waals surface area (Å²) in [5.41, 5.74) is 0. The number of hydrogen-bond acceptors (Lipinski definition) is 6. The number of tetrazole rings is 1. The van der Waals surface area contributed by atoms with Gasteiger partial charge in [-0.05, 0) is 12.1 Å². The van der Waals surface area contributed by atoms with Gasteiger partial charge in [-0.15, -0.1) is 21.5 Å². The molecule has 0 aliphatic carbocycles. The van der Waals surface area contributed by atoms with Crippen molar-refractivity contribution in [3.05, 3.63) is 21.9 Å². The van der Waals surface area contributed by atoms with Crippen LogP contribution in [0.25, 0.3) is 0 Å². The highest BCUT2D eigenvalue weighted by atomic mass is 32.1. The molecular formula is C8H12N6S. The molecule has 0 amide bonds. The molecule has 0 saturated heterocycles. The van der Waals surface area contributed by atoms with Gasteiger partial charge < -0.3 is 5.32 Å². The van der Waals surface area contributed by atoms with E-state index in [1.165, 1.54) is 9.67 Å². The van der Waals surface area contributed by atoms with E-state index in [0.29, 0.717) is 12.4 Å². The van der Waals surface area contributed by atoms with Gasteiger partial charge in [0.2, 0.25) is 0 Å². The summed E-state index contributed by atoms with van der Waals surface area (Å²) in [6.45, 7) is 3.42. The molecule has 7 heteroatoms. The lowest BCUT2D eigenvalue weighted by atomic mass is 10.5. The number of aryl methyl sites for hydroxylation is 2. The second-order valence-electron chi connectivity index (χ2n) is 3.14. The minimum atomic E-state index is 0.630. The lowest BCUT2D eigenvalue weighted by molar-refractivity contribution is 0.620. The fraction of sp³-hybridized carbons (Fsp3) is 0.500. The van der Waals surface area contributed by atoms with Crippen molar-refractivity contribution >= 4 is 11.3 Å². The summed E-state index contributed by atoms with van der Waals surface area (Å²) in [5, 5.41) is 16.0. The predicted molar refractivity (Wildman–Crippen MR) is 56.2 cm³/mol. The molecule has 0 atom stereocenters. The maximum atomic E-state index is 4.18. The molecule has 15 heavy (non-hydrogen) atoms. The third-order valence-corrected chi connectivity index (χ3v) is 2.71. The van der Waals surface area contributed by atoms with Crippen LogP contribution >= 0.6 is 11.3 Å². The van der Waals surface area contributed by atoms with E-state index in [2.05, 4.69) is 25.7 Å². The lowest BCUT2D eigenvalue weighted by Gasteiger charge is -1.97. The van der Waals surface area contributed by atoms with Crippen molar-refractivity contribution in [2.24, 2.45) is 7.05 Å². The molecule has 0 aromatic carbocycles. The first kappa shape index (κ1) is 10.2. The van der Waals surface area contributed by atoms with Crippen LogP contribution in [0.15, 0.2) is 6.20 Å². The Labute approximate surface area is 91.3 Å². The van der Waals surface area contributed by atoms with Crippen LogP contribution in [0.5, 0.6) is 0 Å². The van der Waals surface area contributed by atoms with Gasteiger partial charge in [0.05, 0.1) is 18.6 Å². The Morgan fingerprint density at radius 3 is 2.93 bits per heavy atom. The van der Waals surface area contributed by atoms with Crippen LogP contribution in [0.4, 0.5) is 0 Å². The standard InChI is InChI=1S/C8H12N6S/c1-6-10-4-7(15-6)3-9-5-8-11-13-14(2)12-8/h4,9H,3,5H2,1-2H3. The maximum absolute atomic E-state index is 4.18. The highest BCUT2D eigenvalue weighted by molar-refractivity contribution is 7.11. The number of rotatable bonds is 4. The smallest absolute Gasteiger partial charge is 0.188 e. The van der Waals surface area contributed by atoms with E-state index in [9.17, 15) is 0 Å². The monoisotopic (exact) mass is 224 g/mol. The normalized spacial score (nSPS) is 10.8. The van der Waals surface area contributed by atoms with E-state index in [1.807, 2.05) is 13.1 Å². The molecule has 2 rings (SSSR count). The van der Waals surface area contributed by atoms with Crippen LogP contribution in [-0.4, -0.2) is 25.2 Å². The first-order valence-electron chi connectivity index (χ1n) is 4.59. The second-order valence-corrected chi connectivity index (χ2v) is 4.46. The topological polar surface area (TPSA) is 68.5 Å². The Morgan fingerprint density at radius 2 is 2.33 bits per heavy atom. The van der Waals surface area contributed by atoms with Crippen LogP contribution in [0.2, 0.25) is 0 Å². The maximum Gasteiger partial charge on any atom is 0.188 e. The summed E-state index contributed by atoms with van der Waals surface area (Å²) in [4.78, 5) is 6.85.